The van der Waals surface area contributed by atoms with Crippen molar-refractivity contribution in [3.63, 3.8) is 0 Å². The van der Waals surface area contributed by atoms with Crippen LogP contribution in [0.2, 0.25) is 0 Å². The predicted octanol–water partition coefficient (Wildman–Crippen LogP) is 3.16. The number of benzene rings is 3. The highest BCUT2D eigenvalue weighted by Crippen LogP contribution is 2.21. The van der Waals surface area contributed by atoms with E-state index >= 15 is 0 Å². The van der Waals surface area contributed by atoms with Crippen LogP contribution in [0.1, 0.15) is 63.8 Å². The third-order valence-electron chi connectivity index (χ3n) is 9.59. The van der Waals surface area contributed by atoms with Gasteiger partial charge in [0.2, 0.25) is 29.5 Å². The Morgan fingerprint density at radius 1 is 0.689 bits per heavy atom. The van der Waals surface area contributed by atoms with E-state index in [-0.39, 0.29) is 24.5 Å². The molecule has 0 aliphatic carbocycles. The minimum absolute atomic E-state index is 0.0486. The van der Waals surface area contributed by atoms with Gasteiger partial charge in [-0.1, -0.05) is 74.5 Å². The van der Waals surface area contributed by atoms with Crippen LogP contribution >= 0.6 is 25.3 Å². The van der Waals surface area contributed by atoms with Gasteiger partial charge in [0.15, 0.2) is 0 Å². The SMILES string of the molecule is CC(C)(S)[C@@H](NC(=O)[C@H](Cc1ccccc1)NC(=O)CNC(=O)[C@H](NC(=O)[C@@H](N)Cc1ccc(O)cc1)C(C)(C)S)C(=O)O.CCN(CC)CC(=O)Nc1c(C)cccc1C. The van der Waals surface area contributed by atoms with Gasteiger partial charge in [0.1, 0.15) is 23.9 Å². The molecule has 0 bridgehead atoms. The number of para-hydroxylation sites is 1. The van der Waals surface area contributed by atoms with E-state index in [4.69, 9.17) is 5.73 Å². The second-order valence-electron chi connectivity index (χ2n) is 15.8. The summed E-state index contributed by atoms with van der Waals surface area (Å²) in [5, 5.41) is 32.1. The Balaban J connectivity index is 0.000000627. The maximum Gasteiger partial charge on any atom is 0.327 e. The molecule has 0 aromatic heterocycles. The fraction of sp³-hybridized carbons (Fsp3) is 0.455. The number of nitrogens with one attached hydrogen (secondary N) is 5. The van der Waals surface area contributed by atoms with E-state index in [1.807, 2.05) is 32.0 Å². The fourth-order valence-electron chi connectivity index (χ4n) is 5.99. The molecule has 17 heteroatoms. The number of hydrogen-bond acceptors (Lipinski definition) is 11. The first-order valence-corrected chi connectivity index (χ1v) is 20.9. The first-order chi connectivity index (χ1) is 28.5. The summed E-state index contributed by atoms with van der Waals surface area (Å²) in [4.78, 5) is 77.8. The van der Waals surface area contributed by atoms with Crippen LogP contribution in [0.5, 0.6) is 5.75 Å². The number of thiol groups is 2. The number of nitrogens with zero attached hydrogens (tertiary/aromatic N) is 1. The van der Waals surface area contributed by atoms with Crippen molar-refractivity contribution < 1.29 is 39.0 Å². The van der Waals surface area contributed by atoms with Crippen molar-refractivity contribution in [3.8, 4) is 5.75 Å². The van der Waals surface area contributed by atoms with Crippen LogP contribution in [0.4, 0.5) is 5.69 Å². The third-order valence-corrected chi connectivity index (χ3v) is 10.1. The second-order valence-corrected chi connectivity index (χ2v) is 18.1. The summed E-state index contributed by atoms with van der Waals surface area (Å²) >= 11 is 8.73. The molecule has 5 amide bonds. The molecule has 3 aromatic carbocycles. The Morgan fingerprint density at radius 2 is 1.21 bits per heavy atom. The summed E-state index contributed by atoms with van der Waals surface area (Å²) in [6, 6.07) is 16.3. The lowest BCUT2D eigenvalue weighted by molar-refractivity contribution is -0.143. The van der Waals surface area contributed by atoms with Crippen LogP contribution in [-0.4, -0.2) is 110 Å². The topological polar surface area (TPSA) is 232 Å². The first kappa shape index (κ1) is 52.0. The average molecular weight is 882 g/mol. The number of rotatable bonds is 20. The van der Waals surface area contributed by atoms with Crippen LogP contribution in [0.25, 0.3) is 0 Å². The van der Waals surface area contributed by atoms with Gasteiger partial charge >= 0.3 is 5.97 Å². The molecule has 0 saturated carbocycles. The number of amides is 5. The Hall–Kier alpha value is -5.10. The lowest BCUT2D eigenvalue weighted by Gasteiger charge is -2.30. The molecular formula is C44H63N7O8S2. The fourth-order valence-corrected chi connectivity index (χ4v) is 6.35. The zero-order valence-electron chi connectivity index (χ0n) is 36.2. The molecule has 3 rings (SSSR count). The number of aliphatic carboxylic acids is 1. The summed E-state index contributed by atoms with van der Waals surface area (Å²) in [6.45, 7) is 16.2. The molecule has 9 N–H and O–H groups in total. The summed E-state index contributed by atoms with van der Waals surface area (Å²) in [6.07, 6.45) is 0.195. The Labute approximate surface area is 370 Å². The molecule has 334 valence electrons. The number of likely N-dealkylation sites (N-methyl/N-ethyl adjacent to an activating group) is 1. The van der Waals surface area contributed by atoms with Crippen molar-refractivity contribution in [2.45, 2.75) is 102 Å². The molecule has 0 heterocycles. The standard InChI is InChI=1S/C30H41N5O7S2.C14H22N2O/c1-29(2,43)23(34-25(38)20(31)14-18-10-12-19(36)13-11-18)27(40)32-16-22(37)33-21(15-17-8-6-5-7-9-17)26(39)35-24(28(41)42)30(3,4)44;1-5-16(6-2)10-13(17)15-14-11(3)8-7-9-12(14)4/h5-13,20-21,23-24,36,43-44H,14-16,31H2,1-4H3,(H,32,40)(H,33,37)(H,34,38)(H,35,39)(H,41,42);7-9H,5-6,10H2,1-4H3,(H,15,17)/t20-,21-,23-,24-;/m0./s1. The smallest absolute Gasteiger partial charge is 0.327 e. The molecule has 0 spiro atoms. The van der Waals surface area contributed by atoms with Gasteiger partial charge in [0.25, 0.3) is 0 Å². The minimum atomic E-state index is -1.35. The highest BCUT2D eigenvalue weighted by atomic mass is 32.1. The van der Waals surface area contributed by atoms with Gasteiger partial charge in [-0.2, -0.15) is 25.3 Å². The summed E-state index contributed by atoms with van der Waals surface area (Å²) in [5.41, 5.74) is 10.6. The lowest BCUT2D eigenvalue weighted by Crippen LogP contribution is -2.60. The van der Waals surface area contributed by atoms with E-state index in [0.717, 1.165) is 29.9 Å². The number of carbonyl (C=O) groups excluding carboxylic acids is 5. The number of aryl methyl sites for hydroxylation is 2. The Kier molecular flexibility index (Phi) is 20.8. The van der Waals surface area contributed by atoms with Crippen molar-refractivity contribution in [2.24, 2.45) is 5.73 Å². The highest BCUT2D eigenvalue weighted by molar-refractivity contribution is 7.82. The molecule has 0 aliphatic heterocycles. The van der Waals surface area contributed by atoms with E-state index in [9.17, 15) is 39.0 Å². The minimum Gasteiger partial charge on any atom is -0.508 e. The number of phenols is 1. The average Bonchev–Trinajstić information content (AvgIpc) is 3.18. The number of aromatic hydroxyl groups is 1. The molecule has 0 fully saturated rings. The maximum absolute atomic E-state index is 13.2. The molecule has 3 aromatic rings. The number of carbonyl (C=O) groups is 6. The summed E-state index contributed by atoms with van der Waals surface area (Å²) < 4.78 is -2.17. The quantitative estimate of drug-likeness (QED) is 0.0746. The monoisotopic (exact) mass is 881 g/mol. The van der Waals surface area contributed by atoms with Crippen molar-refractivity contribution in [3.05, 3.63) is 95.1 Å². The molecule has 0 radical (unpaired) electrons. The van der Waals surface area contributed by atoms with Gasteiger partial charge in [-0.25, -0.2) is 4.79 Å². The molecule has 4 atom stereocenters. The van der Waals surface area contributed by atoms with Gasteiger partial charge in [0.05, 0.1) is 19.1 Å². The van der Waals surface area contributed by atoms with Gasteiger partial charge < -0.3 is 42.5 Å². The van der Waals surface area contributed by atoms with Crippen LogP contribution in [0.15, 0.2) is 72.8 Å². The van der Waals surface area contributed by atoms with Gasteiger partial charge in [-0.15, -0.1) is 0 Å². The zero-order valence-corrected chi connectivity index (χ0v) is 38.0. The van der Waals surface area contributed by atoms with Gasteiger partial charge in [-0.3, -0.25) is 28.9 Å². The maximum atomic E-state index is 13.2. The number of carboxylic acids is 1. The third kappa shape index (κ3) is 18.2. The normalized spacial score (nSPS) is 13.3. The molecule has 0 unspecified atom stereocenters. The van der Waals surface area contributed by atoms with E-state index < -0.39 is 69.8 Å². The van der Waals surface area contributed by atoms with Crippen molar-refractivity contribution in [1.82, 2.24) is 26.2 Å². The van der Waals surface area contributed by atoms with E-state index in [2.05, 4.69) is 70.6 Å². The van der Waals surface area contributed by atoms with Crippen LogP contribution in [-0.2, 0) is 41.6 Å². The number of carboxylic acid groups (broad SMARTS) is 1. The number of anilines is 1. The van der Waals surface area contributed by atoms with Crippen molar-refractivity contribution >= 4 is 66.5 Å². The molecule has 15 nitrogen and oxygen atoms in total. The summed E-state index contributed by atoms with van der Waals surface area (Å²) in [7, 11) is 0. The van der Waals surface area contributed by atoms with Gasteiger partial charge in [-0.05, 0) is 95.4 Å². The van der Waals surface area contributed by atoms with E-state index in [1.165, 1.54) is 26.0 Å². The second kappa shape index (κ2) is 24.4. The Morgan fingerprint density at radius 3 is 1.72 bits per heavy atom. The van der Waals surface area contributed by atoms with Crippen LogP contribution < -0.4 is 32.3 Å². The Bertz CT molecular complexity index is 1910. The van der Waals surface area contributed by atoms with Crippen molar-refractivity contribution in [1.29, 1.82) is 0 Å². The highest BCUT2D eigenvalue weighted by Gasteiger charge is 2.37. The number of phenolic OH excluding ortho intramolecular Hbond substituents is 1. The van der Waals surface area contributed by atoms with Crippen molar-refractivity contribution in [2.75, 3.05) is 31.5 Å². The molecule has 61 heavy (non-hydrogen) atoms. The predicted molar refractivity (Wildman–Crippen MR) is 245 cm³/mol. The molecular weight excluding hydrogens is 819 g/mol. The number of hydrogen-bond donors (Lipinski definition) is 10. The van der Waals surface area contributed by atoms with Crippen LogP contribution in [0.3, 0.4) is 0 Å². The lowest BCUT2D eigenvalue weighted by atomic mass is 10.00. The summed E-state index contributed by atoms with van der Waals surface area (Å²) in [5.74, 6) is -3.96. The van der Waals surface area contributed by atoms with E-state index in [1.54, 1.807) is 56.3 Å². The zero-order chi connectivity index (χ0) is 46.1. The van der Waals surface area contributed by atoms with Crippen LogP contribution in [0, 0.1) is 13.8 Å². The first-order valence-electron chi connectivity index (χ1n) is 20.0. The van der Waals surface area contributed by atoms with E-state index in [0.29, 0.717) is 17.7 Å². The largest absolute Gasteiger partial charge is 0.508 e. The molecule has 0 aliphatic rings. The number of nitrogens with two attached hydrogens (primary N) is 1. The van der Waals surface area contributed by atoms with Gasteiger partial charge in [0, 0.05) is 21.6 Å². The molecule has 0 saturated heterocycles.